The summed E-state index contributed by atoms with van der Waals surface area (Å²) in [6.07, 6.45) is 1.74. The molecule has 132 valence electrons. The molecule has 0 radical (unpaired) electrons. The van der Waals surface area contributed by atoms with Gasteiger partial charge in [0.2, 0.25) is 11.7 Å². The van der Waals surface area contributed by atoms with Gasteiger partial charge < -0.3 is 14.6 Å². The van der Waals surface area contributed by atoms with E-state index in [2.05, 4.69) is 5.32 Å². The van der Waals surface area contributed by atoms with Crippen LogP contribution in [0.15, 0.2) is 72.9 Å². The summed E-state index contributed by atoms with van der Waals surface area (Å²) in [5, 5.41) is 2.87. The summed E-state index contributed by atoms with van der Waals surface area (Å²) in [5.41, 5.74) is 2.04. The van der Waals surface area contributed by atoms with E-state index in [1.165, 1.54) is 0 Å². The Labute approximate surface area is 152 Å². The van der Waals surface area contributed by atoms with Crippen molar-refractivity contribution in [3.8, 4) is 5.75 Å². The Balaban J connectivity index is 1.63. The summed E-state index contributed by atoms with van der Waals surface area (Å²) >= 11 is 0. The Morgan fingerprint density at radius 1 is 1.00 bits per heavy atom. The van der Waals surface area contributed by atoms with E-state index < -0.39 is 0 Å². The fourth-order valence-corrected chi connectivity index (χ4v) is 2.69. The molecule has 5 nitrogen and oxygen atoms in total. The topological polar surface area (TPSA) is 60.3 Å². The molecule has 0 saturated heterocycles. The van der Waals surface area contributed by atoms with Crippen LogP contribution in [0.2, 0.25) is 0 Å². The smallest absolute Gasteiger partial charge is 0.240 e. The predicted octanol–water partition coefficient (Wildman–Crippen LogP) is 3.04. The van der Waals surface area contributed by atoms with Crippen molar-refractivity contribution in [2.24, 2.45) is 0 Å². The molecule has 26 heavy (non-hydrogen) atoms. The molecule has 0 spiro atoms. The van der Waals surface area contributed by atoms with E-state index in [0.717, 1.165) is 11.3 Å². The highest BCUT2D eigenvalue weighted by Gasteiger charge is 2.14. The molecule has 0 fully saturated rings. The Morgan fingerprint density at radius 2 is 1.81 bits per heavy atom. The molecular weight excluding hydrogens is 328 g/mol. The van der Waals surface area contributed by atoms with E-state index in [9.17, 15) is 9.59 Å². The second-order valence-electron chi connectivity index (χ2n) is 5.84. The first-order chi connectivity index (χ1) is 12.7. The Kier molecular flexibility index (Phi) is 5.49. The Bertz CT molecular complexity index is 900. The van der Waals surface area contributed by atoms with Crippen molar-refractivity contribution in [3.05, 3.63) is 89.7 Å². The fraction of sp³-hybridized carbons (Fsp3) is 0.143. The summed E-state index contributed by atoms with van der Waals surface area (Å²) in [4.78, 5) is 24.9. The number of aromatic nitrogens is 1. The third-order valence-corrected chi connectivity index (χ3v) is 4.04. The van der Waals surface area contributed by atoms with Crippen LogP contribution in [0.4, 0.5) is 0 Å². The number of ketones is 1. The lowest BCUT2D eigenvalue weighted by atomic mass is 10.1. The highest BCUT2D eigenvalue weighted by Crippen LogP contribution is 2.13. The number of ether oxygens (including phenoxy) is 1. The van der Waals surface area contributed by atoms with Crippen molar-refractivity contribution in [2.45, 2.75) is 13.1 Å². The van der Waals surface area contributed by atoms with E-state index >= 15 is 0 Å². The van der Waals surface area contributed by atoms with Crippen LogP contribution in [0.1, 0.15) is 21.6 Å². The summed E-state index contributed by atoms with van der Waals surface area (Å²) in [6.45, 7) is 0.490. The van der Waals surface area contributed by atoms with E-state index in [-0.39, 0.29) is 18.2 Å². The van der Waals surface area contributed by atoms with Crippen LogP contribution in [0.25, 0.3) is 0 Å². The average Bonchev–Trinajstić information content (AvgIpc) is 3.14. The molecule has 0 aliphatic carbocycles. The number of carbonyl (C=O) groups is 2. The third-order valence-electron chi connectivity index (χ3n) is 4.04. The van der Waals surface area contributed by atoms with Gasteiger partial charge in [0.25, 0.3) is 0 Å². The Morgan fingerprint density at radius 3 is 2.58 bits per heavy atom. The van der Waals surface area contributed by atoms with Crippen LogP contribution in [0, 0.1) is 0 Å². The zero-order valence-corrected chi connectivity index (χ0v) is 14.5. The number of hydrogen-bond acceptors (Lipinski definition) is 3. The summed E-state index contributed by atoms with van der Waals surface area (Å²) < 4.78 is 6.84. The highest BCUT2D eigenvalue weighted by atomic mass is 16.5. The lowest BCUT2D eigenvalue weighted by molar-refractivity contribution is -0.121. The van der Waals surface area contributed by atoms with E-state index in [1.807, 2.05) is 42.5 Å². The molecule has 0 saturated carbocycles. The van der Waals surface area contributed by atoms with Crippen LogP contribution in [-0.2, 0) is 17.9 Å². The van der Waals surface area contributed by atoms with Crippen LogP contribution >= 0.6 is 0 Å². The molecule has 0 unspecified atom stereocenters. The van der Waals surface area contributed by atoms with Crippen molar-refractivity contribution in [1.82, 2.24) is 9.88 Å². The SMILES string of the molecule is COc1cccc(CNC(=O)Cn2cccc2C(=O)c2ccccc2)c1. The molecule has 0 bridgehead atoms. The average molecular weight is 348 g/mol. The van der Waals surface area contributed by atoms with Gasteiger partial charge in [-0.2, -0.15) is 0 Å². The van der Waals surface area contributed by atoms with Gasteiger partial charge in [-0.1, -0.05) is 42.5 Å². The lowest BCUT2D eigenvalue weighted by Gasteiger charge is -2.10. The number of rotatable bonds is 7. The third kappa shape index (κ3) is 4.19. The highest BCUT2D eigenvalue weighted by molar-refractivity contribution is 6.08. The molecule has 3 rings (SSSR count). The van der Waals surface area contributed by atoms with Gasteiger partial charge >= 0.3 is 0 Å². The standard InChI is InChI=1S/C21H20N2O3/c1-26-18-10-5-7-16(13-18)14-22-20(24)15-23-12-6-11-19(23)21(25)17-8-3-2-4-9-17/h2-13H,14-15H2,1H3,(H,22,24). The van der Waals surface area contributed by atoms with Crippen molar-refractivity contribution in [3.63, 3.8) is 0 Å². The van der Waals surface area contributed by atoms with Crippen LogP contribution < -0.4 is 10.1 Å². The largest absolute Gasteiger partial charge is 0.497 e. The van der Waals surface area contributed by atoms with E-state index in [4.69, 9.17) is 4.74 Å². The Hall–Kier alpha value is -3.34. The van der Waals surface area contributed by atoms with Crippen LogP contribution in [-0.4, -0.2) is 23.4 Å². The maximum absolute atomic E-state index is 12.6. The minimum Gasteiger partial charge on any atom is -0.497 e. The number of nitrogens with zero attached hydrogens (tertiary/aromatic N) is 1. The summed E-state index contributed by atoms with van der Waals surface area (Å²) in [7, 11) is 1.61. The van der Waals surface area contributed by atoms with Gasteiger partial charge in [-0.25, -0.2) is 0 Å². The molecule has 2 aromatic carbocycles. The van der Waals surface area contributed by atoms with Crippen LogP contribution in [0.3, 0.4) is 0 Å². The van der Waals surface area contributed by atoms with Gasteiger partial charge in [-0.3, -0.25) is 9.59 Å². The van der Waals surface area contributed by atoms with Crippen LogP contribution in [0.5, 0.6) is 5.75 Å². The first-order valence-corrected chi connectivity index (χ1v) is 8.32. The molecule has 1 N–H and O–H groups in total. The van der Waals surface area contributed by atoms with Crippen molar-refractivity contribution in [1.29, 1.82) is 0 Å². The maximum Gasteiger partial charge on any atom is 0.240 e. The molecule has 5 heteroatoms. The molecule has 1 heterocycles. The number of amides is 1. The van der Waals surface area contributed by atoms with Crippen molar-refractivity contribution >= 4 is 11.7 Å². The monoisotopic (exact) mass is 348 g/mol. The molecule has 1 amide bonds. The zero-order chi connectivity index (χ0) is 18.4. The van der Waals surface area contributed by atoms with E-state index in [1.54, 1.807) is 42.1 Å². The van der Waals surface area contributed by atoms with Gasteiger partial charge in [-0.05, 0) is 29.8 Å². The second kappa shape index (κ2) is 8.16. The molecule has 1 aromatic heterocycles. The molecule has 0 aliphatic rings. The first kappa shape index (κ1) is 17.5. The van der Waals surface area contributed by atoms with Gasteiger partial charge in [0.1, 0.15) is 12.3 Å². The van der Waals surface area contributed by atoms with Gasteiger partial charge in [-0.15, -0.1) is 0 Å². The molecule has 0 atom stereocenters. The maximum atomic E-state index is 12.6. The quantitative estimate of drug-likeness (QED) is 0.668. The molecular formula is C21H20N2O3. The lowest BCUT2D eigenvalue weighted by Crippen LogP contribution is -2.28. The second-order valence-corrected chi connectivity index (χ2v) is 5.84. The number of carbonyl (C=O) groups excluding carboxylic acids is 2. The van der Waals surface area contributed by atoms with Gasteiger partial charge in [0.05, 0.1) is 12.8 Å². The molecule has 3 aromatic rings. The van der Waals surface area contributed by atoms with E-state index in [0.29, 0.717) is 17.8 Å². The normalized spacial score (nSPS) is 10.3. The fourth-order valence-electron chi connectivity index (χ4n) is 2.69. The van der Waals surface area contributed by atoms with Crippen molar-refractivity contribution in [2.75, 3.05) is 7.11 Å². The summed E-state index contributed by atoms with van der Waals surface area (Å²) in [5.74, 6) is 0.486. The minimum absolute atomic E-state index is 0.0882. The van der Waals surface area contributed by atoms with Gasteiger partial charge in [0.15, 0.2) is 0 Å². The minimum atomic E-state index is -0.161. The number of nitrogens with one attached hydrogen (secondary N) is 1. The first-order valence-electron chi connectivity index (χ1n) is 8.32. The molecule has 0 aliphatic heterocycles. The van der Waals surface area contributed by atoms with Gasteiger partial charge in [0, 0.05) is 18.3 Å². The number of benzene rings is 2. The summed E-state index contributed by atoms with van der Waals surface area (Å²) in [6, 6.07) is 20.1. The number of methoxy groups -OCH3 is 1. The number of hydrogen-bond donors (Lipinski definition) is 1. The zero-order valence-electron chi connectivity index (χ0n) is 14.5. The predicted molar refractivity (Wildman–Crippen MR) is 99.1 cm³/mol. The van der Waals surface area contributed by atoms with Crippen molar-refractivity contribution < 1.29 is 14.3 Å².